The lowest BCUT2D eigenvalue weighted by molar-refractivity contribution is -0.142. The Balaban J connectivity index is 1.81. The molecule has 2 aromatic carbocycles. The van der Waals surface area contributed by atoms with Crippen molar-refractivity contribution in [1.82, 2.24) is 10.2 Å². The summed E-state index contributed by atoms with van der Waals surface area (Å²) in [5, 5.41) is 12.2. The molecule has 0 radical (unpaired) electrons. The highest BCUT2D eigenvalue weighted by molar-refractivity contribution is 8.04. The molecule has 2 amide bonds. The SMILES string of the molecule is COC(=O)C[C@H]1SC2=C(C(=O)NCc3ccccc3)[C@@H](c3ccc(F)cc3)C(C#N)=C(N)N2C1=O. The first-order valence-corrected chi connectivity index (χ1v) is 11.5. The molecule has 2 aliphatic heterocycles. The number of fused-ring (bicyclic) bond motifs is 1. The number of nitrogens with two attached hydrogens (primary N) is 1. The van der Waals surface area contributed by atoms with Crippen molar-refractivity contribution in [3.05, 3.63) is 93.5 Å². The van der Waals surface area contributed by atoms with Gasteiger partial charge in [-0.25, -0.2) is 4.39 Å². The monoisotopic (exact) mass is 492 g/mol. The van der Waals surface area contributed by atoms with Crippen LogP contribution in [0.15, 0.2) is 76.6 Å². The van der Waals surface area contributed by atoms with E-state index in [9.17, 15) is 24.0 Å². The minimum Gasteiger partial charge on any atom is -0.469 e. The maximum Gasteiger partial charge on any atom is 0.307 e. The molecule has 0 unspecified atom stereocenters. The van der Waals surface area contributed by atoms with Gasteiger partial charge in [-0.3, -0.25) is 19.3 Å². The van der Waals surface area contributed by atoms with Crippen molar-refractivity contribution < 1.29 is 23.5 Å². The molecule has 1 fully saturated rings. The third-order valence-corrected chi connectivity index (χ3v) is 7.00. The van der Waals surface area contributed by atoms with Crippen LogP contribution in [0.3, 0.4) is 0 Å². The minimum absolute atomic E-state index is 0.0158. The number of methoxy groups -OCH3 is 1. The number of hydrogen-bond acceptors (Lipinski definition) is 7. The van der Waals surface area contributed by atoms with Gasteiger partial charge in [0, 0.05) is 6.54 Å². The van der Waals surface area contributed by atoms with Gasteiger partial charge in [-0.2, -0.15) is 5.26 Å². The molecule has 2 aromatic rings. The van der Waals surface area contributed by atoms with Crippen LogP contribution in [0.1, 0.15) is 23.5 Å². The van der Waals surface area contributed by atoms with Gasteiger partial charge in [0.1, 0.15) is 16.9 Å². The van der Waals surface area contributed by atoms with Crippen molar-refractivity contribution >= 4 is 29.5 Å². The lowest BCUT2D eigenvalue weighted by atomic mass is 9.82. The van der Waals surface area contributed by atoms with Crippen LogP contribution in [0, 0.1) is 17.1 Å². The summed E-state index contributed by atoms with van der Waals surface area (Å²) in [6, 6.07) is 16.7. The maximum atomic E-state index is 13.7. The number of nitrogens with one attached hydrogen (secondary N) is 1. The molecular weight excluding hydrogens is 471 g/mol. The molecular formula is C25H21FN4O4S. The number of amides is 2. The molecule has 0 saturated carbocycles. The van der Waals surface area contributed by atoms with Crippen LogP contribution < -0.4 is 11.1 Å². The zero-order chi connectivity index (χ0) is 25.1. The molecule has 2 atom stereocenters. The van der Waals surface area contributed by atoms with E-state index < -0.39 is 34.8 Å². The number of nitrogens with zero attached hydrogens (tertiary/aromatic N) is 2. The molecule has 2 heterocycles. The van der Waals surface area contributed by atoms with E-state index >= 15 is 0 Å². The van der Waals surface area contributed by atoms with E-state index in [-0.39, 0.29) is 35.0 Å². The van der Waals surface area contributed by atoms with E-state index in [0.29, 0.717) is 5.56 Å². The lowest BCUT2D eigenvalue weighted by Gasteiger charge is -2.32. The number of ether oxygens (including phenoxy) is 1. The number of hydrogen-bond donors (Lipinski definition) is 2. The second kappa shape index (κ2) is 10.0. The van der Waals surface area contributed by atoms with Gasteiger partial charge in [0.05, 0.1) is 41.7 Å². The Morgan fingerprint density at radius 3 is 2.51 bits per heavy atom. The fourth-order valence-electron chi connectivity index (χ4n) is 4.01. The number of carbonyl (C=O) groups excluding carboxylic acids is 3. The summed E-state index contributed by atoms with van der Waals surface area (Å²) < 4.78 is 18.3. The third kappa shape index (κ3) is 4.63. The van der Waals surface area contributed by atoms with E-state index in [1.807, 2.05) is 36.4 Å². The molecule has 0 aromatic heterocycles. The number of rotatable bonds is 6. The summed E-state index contributed by atoms with van der Waals surface area (Å²) in [5.74, 6) is -3.16. The summed E-state index contributed by atoms with van der Waals surface area (Å²) in [6.07, 6.45) is -0.227. The van der Waals surface area contributed by atoms with Crippen molar-refractivity contribution in [2.24, 2.45) is 5.73 Å². The van der Waals surface area contributed by atoms with Crippen LogP contribution in [0.25, 0.3) is 0 Å². The van der Waals surface area contributed by atoms with Crippen LogP contribution in [0.5, 0.6) is 0 Å². The molecule has 0 bridgehead atoms. The Hall–Kier alpha value is -4.10. The van der Waals surface area contributed by atoms with Gasteiger partial charge in [0.15, 0.2) is 0 Å². The van der Waals surface area contributed by atoms with Gasteiger partial charge >= 0.3 is 5.97 Å². The van der Waals surface area contributed by atoms with E-state index in [2.05, 4.69) is 5.32 Å². The molecule has 4 rings (SSSR count). The Morgan fingerprint density at radius 1 is 1.20 bits per heavy atom. The van der Waals surface area contributed by atoms with Crippen LogP contribution >= 0.6 is 11.8 Å². The maximum absolute atomic E-state index is 13.7. The number of allylic oxidation sites excluding steroid dienone is 1. The Morgan fingerprint density at radius 2 is 1.89 bits per heavy atom. The van der Waals surface area contributed by atoms with Crippen molar-refractivity contribution in [3.63, 3.8) is 0 Å². The average molecular weight is 493 g/mol. The fourth-order valence-corrected chi connectivity index (χ4v) is 5.33. The Kier molecular flexibility index (Phi) is 6.89. The number of nitriles is 1. The molecule has 178 valence electrons. The second-order valence-electron chi connectivity index (χ2n) is 7.84. The highest BCUT2D eigenvalue weighted by atomic mass is 32.2. The van der Waals surface area contributed by atoms with Gasteiger partial charge < -0.3 is 15.8 Å². The van der Waals surface area contributed by atoms with Crippen molar-refractivity contribution in [2.45, 2.75) is 24.1 Å². The van der Waals surface area contributed by atoms with Gasteiger partial charge in [0.2, 0.25) is 5.91 Å². The predicted octanol–water partition coefficient (Wildman–Crippen LogP) is 2.65. The number of carbonyl (C=O) groups is 3. The first-order valence-electron chi connectivity index (χ1n) is 10.6. The molecule has 0 spiro atoms. The van der Waals surface area contributed by atoms with E-state index in [1.54, 1.807) is 0 Å². The van der Waals surface area contributed by atoms with E-state index in [0.717, 1.165) is 22.2 Å². The molecule has 0 aliphatic carbocycles. The van der Waals surface area contributed by atoms with Gasteiger partial charge in [-0.1, -0.05) is 54.2 Å². The lowest BCUT2D eigenvalue weighted by Crippen LogP contribution is -2.40. The number of thioether (sulfide) groups is 1. The standard InChI is InChI=1S/C25H21FN4O4S/c1-34-19(31)11-18-24(33)30-22(28)17(12-27)20(15-7-9-16(26)10-8-15)21(25(30)35-18)23(32)29-13-14-5-3-2-4-6-14/h2-10,18,20H,11,13,28H2,1H3,(H,29,32)/t18-,20+/m1/s1. The van der Waals surface area contributed by atoms with E-state index in [4.69, 9.17) is 10.5 Å². The molecule has 1 saturated heterocycles. The van der Waals surface area contributed by atoms with Crippen molar-refractivity contribution in [3.8, 4) is 6.07 Å². The third-order valence-electron chi connectivity index (χ3n) is 5.72. The van der Waals surface area contributed by atoms with Crippen LogP contribution in [0.2, 0.25) is 0 Å². The largest absolute Gasteiger partial charge is 0.469 e. The van der Waals surface area contributed by atoms with Crippen molar-refractivity contribution in [2.75, 3.05) is 7.11 Å². The number of benzene rings is 2. The number of halogens is 1. The van der Waals surface area contributed by atoms with Crippen LogP contribution in [0.4, 0.5) is 4.39 Å². The van der Waals surface area contributed by atoms with Crippen LogP contribution in [-0.2, 0) is 25.7 Å². The number of esters is 1. The first-order chi connectivity index (χ1) is 16.8. The summed E-state index contributed by atoms with van der Waals surface area (Å²) >= 11 is 1.02. The zero-order valence-electron chi connectivity index (χ0n) is 18.7. The van der Waals surface area contributed by atoms with Gasteiger partial charge in [0.25, 0.3) is 5.91 Å². The molecule has 3 N–H and O–H groups in total. The summed E-state index contributed by atoms with van der Waals surface area (Å²) in [5.41, 5.74) is 7.70. The van der Waals surface area contributed by atoms with E-state index in [1.165, 1.54) is 31.4 Å². The van der Waals surface area contributed by atoms with Crippen molar-refractivity contribution in [1.29, 1.82) is 5.26 Å². The van der Waals surface area contributed by atoms with Gasteiger partial charge in [-0.15, -0.1) is 0 Å². The van der Waals surface area contributed by atoms with Gasteiger partial charge in [-0.05, 0) is 23.3 Å². The second-order valence-corrected chi connectivity index (χ2v) is 9.03. The average Bonchev–Trinajstić information content (AvgIpc) is 3.19. The quantitative estimate of drug-likeness (QED) is 0.594. The summed E-state index contributed by atoms with van der Waals surface area (Å²) in [4.78, 5) is 39.7. The topological polar surface area (TPSA) is 126 Å². The molecule has 8 nitrogen and oxygen atoms in total. The molecule has 10 heteroatoms. The highest BCUT2D eigenvalue weighted by Crippen LogP contribution is 2.49. The highest BCUT2D eigenvalue weighted by Gasteiger charge is 2.48. The normalized spacial score (nSPS) is 19.3. The Bertz CT molecular complexity index is 1280. The summed E-state index contributed by atoms with van der Waals surface area (Å²) in [6.45, 7) is 0.206. The Labute approximate surface area is 205 Å². The zero-order valence-corrected chi connectivity index (χ0v) is 19.5. The van der Waals surface area contributed by atoms with Crippen LogP contribution in [-0.4, -0.2) is 35.0 Å². The first kappa shape index (κ1) is 24.0. The smallest absolute Gasteiger partial charge is 0.307 e. The fraction of sp³-hybridized carbons (Fsp3) is 0.200. The molecule has 2 aliphatic rings. The minimum atomic E-state index is -0.931. The summed E-state index contributed by atoms with van der Waals surface area (Å²) in [7, 11) is 1.22. The molecule has 35 heavy (non-hydrogen) atoms. The predicted molar refractivity (Wildman–Crippen MR) is 126 cm³/mol.